The van der Waals surface area contributed by atoms with Crippen LogP contribution in [0.25, 0.3) is 0 Å². The van der Waals surface area contributed by atoms with Gasteiger partial charge in [0, 0.05) is 11.1 Å². The number of rotatable bonds is 3. The van der Waals surface area contributed by atoms with E-state index in [0.29, 0.717) is 0 Å². The number of hydrogen-bond acceptors (Lipinski definition) is 5. The van der Waals surface area contributed by atoms with Crippen molar-refractivity contribution in [1.82, 2.24) is 0 Å². The molecule has 0 aliphatic heterocycles. The second-order valence-corrected chi connectivity index (χ2v) is 4.11. The summed E-state index contributed by atoms with van der Waals surface area (Å²) in [6.07, 6.45) is 0. The fourth-order valence-electron chi connectivity index (χ4n) is 2.01. The van der Waals surface area contributed by atoms with Gasteiger partial charge in [0.1, 0.15) is 0 Å². The molecule has 1 aliphatic rings. The highest BCUT2D eigenvalue weighted by Crippen LogP contribution is 2.34. The third kappa shape index (κ3) is 1.70. The van der Waals surface area contributed by atoms with Crippen LogP contribution >= 0.6 is 0 Å². The number of Topliss-reactive ketones (excluding diaryl/α,β-unsaturated/α-hetero) is 2. The highest BCUT2D eigenvalue weighted by molar-refractivity contribution is 6.36. The van der Waals surface area contributed by atoms with Crippen molar-refractivity contribution in [2.45, 2.75) is 12.5 Å². The molecule has 1 N–H and O–H groups in total. The van der Waals surface area contributed by atoms with E-state index in [-0.39, 0.29) is 17.7 Å². The lowest BCUT2D eigenvalue weighted by atomic mass is 9.89. The van der Waals surface area contributed by atoms with Crippen LogP contribution in [-0.2, 0) is 9.53 Å². The van der Waals surface area contributed by atoms with Crippen LogP contribution in [0.2, 0.25) is 0 Å². The normalized spacial score (nSPS) is 16.1. The molecule has 0 atom stereocenters. The molecular formula is C14H12O5. The first-order chi connectivity index (χ1) is 8.94. The number of aliphatic hydroxyl groups is 1. The van der Waals surface area contributed by atoms with Crippen molar-refractivity contribution >= 4 is 17.5 Å². The molecule has 19 heavy (non-hydrogen) atoms. The summed E-state index contributed by atoms with van der Waals surface area (Å²) >= 11 is 0. The number of benzene rings is 1. The number of carbonyl (C=O) groups excluding carboxylic acids is 3. The zero-order chi connectivity index (χ0) is 14.2. The lowest BCUT2D eigenvalue weighted by molar-refractivity contribution is -0.140. The molecule has 0 amide bonds. The summed E-state index contributed by atoms with van der Waals surface area (Å²) in [5.74, 6) is -2.64. The van der Waals surface area contributed by atoms with Crippen LogP contribution in [-0.4, -0.2) is 34.9 Å². The molecule has 1 aromatic carbocycles. The number of ether oxygens (including phenoxy) is 1. The highest BCUT2D eigenvalue weighted by Gasteiger charge is 2.55. The van der Waals surface area contributed by atoms with Gasteiger partial charge in [-0.3, -0.25) is 9.59 Å². The molecule has 0 saturated heterocycles. The van der Waals surface area contributed by atoms with Crippen LogP contribution in [0.1, 0.15) is 27.6 Å². The maximum atomic E-state index is 12.1. The number of ketones is 2. The van der Waals surface area contributed by atoms with Crippen molar-refractivity contribution in [1.29, 1.82) is 0 Å². The van der Waals surface area contributed by atoms with Crippen molar-refractivity contribution in [3.05, 3.63) is 47.5 Å². The Hall–Kier alpha value is -2.27. The van der Waals surface area contributed by atoms with Gasteiger partial charge in [-0.2, -0.15) is 0 Å². The summed E-state index contributed by atoms with van der Waals surface area (Å²) in [7, 11) is 0. The quantitative estimate of drug-likeness (QED) is 0.496. The van der Waals surface area contributed by atoms with E-state index in [1.165, 1.54) is 12.1 Å². The Kier molecular flexibility index (Phi) is 3.08. The number of carbonyl (C=O) groups is 3. The Balaban J connectivity index is 2.48. The fraction of sp³-hybridized carbons (Fsp3) is 0.214. The van der Waals surface area contributed by atoms with E-state index in [1.807, 2.05) is 0 Å². The Bertz CT molecular complexity index is 565. The molecule has 0 unspecified atom stereocenters. The summed E-state index contributed by atoms with van der Waals surface area (Å²) < 4.78 is 4.67. The van der Waals surface area contributed by atoms with Gasteiger partial charge >= 0.3 is 5.97 Å². The molecule has 0 radical (unpaired) electrons. The molecule has 5 heteroatoms. The first-order valence-electron chi connectivity index (χ1n) is 5.72. The Morgan fingerprint density at radius 2 is 1.74 bits per heavy atom. The van der Waals surface area contributed by atoms with Gasteiger partial charge in [0.15, 0.2) is 0 Å². The molecule has 98 valence electrons. The highest BCUT2D eigenvalue weighted by atomic mass is 16.5. The molecule has 0 spiro atoms. The lowest BCUT2D eigenvalue weighted by Crippen LogP contribution is -2.45. The van der Waals surface area contributed by atoms with Crippen molar-refractivity contribution in [2.75, 3.05) is 6.61 Å². The van der Waals surface area contributed by atoms with Gasteiger partial charge in [-0.15, -0.1) is 0 Å². The monoisotopic (exact) mass is 260 g/mol. The molecule has 0 fully saturated rings. The third-order valence-electron chi connectivity index (χ3n) is 3.03. The van der Waals surface area contributed by atoms with E-state index >= 15 is 0 Å². The predicted molar refractivity (Wildman–Crippen MR) is 65.8 cm³/mol. The van der Waals surface area contributed by atoms with Gasteiger partial charge in [0.05, 0.1) is 12.2 Å². The SMILES string of the molecule is C=C(C(=O)OCC)C1(O)C(=O)c2ccccc2C1=O. The molecule has 1 aromatic rings. The lowest BCUT2D eigenvalue weighted by Gasteiger charge is -2.20. The van der Waals surface area contributed by atoms with Gasteiger partial charge in [0.25, 0.3) is 0 Å². The van der Waals surface area contributed by atoms with Crippen molar-refractivity contribution in [3.63, 3.8) is 0 Å². The summed E-state index contributed by atoms with van der Waals surface area (Å²) in [4.78, 5) is 35.9. The van der Waals surface area contributed by atoms with E-state index in [0.717, 1.165) is 0 Å². The Morgan fingerprint density at radius 3 is 2.16 bits per heavy atom. The van der Waals surface area contributed by atoms with Crippen molar-refractivity contribution in [2.24, 2.45) is 0 Å². The third-order valence-corrected chi connectivity index (χ3v) is 3.03. The van der Waals surface area contributed by atoms with Gasteiger partial charge in [-0.05, 0) is 6.92 Å². The minimum atomic E-state index is -2.55. The van der Waals surface area contributed by atoms with Crippen LogP contribution in [0.15, 0.2) is 36.4 Å². The van der Waals surface area contributed by atoms with Gasteiger partial charge < -0.3 is 9.84 Å². The average molecular weight is 260 g/mol. The predicted octanol–water partition coefficient (Wildman–Crippen LogP) is 0.916. The van der Waals surface area contributed by atoms with Crippen LogP contribution < -0.4 is 0 Å². The standard InChI is InChI=1S/C14H12O5/c1-3-19-13(17)8(2)14(18)11(15)9-6-4-5-7-10(9)12(14)16/h4-7,18H,2-3H2,1H3. The molecule has 0 bridgehead atoms. The van der Waals surface area contributed by atoms with Crippen LogP contribution in [0, 0.1) is 0 Å². The molecule has 5 nitrogen and oxygen atoms in total. The maximum absolute atomic E-state index is 12.1. The molecule has 0 aromatic heterocycles. The molecule has 0 heterocycles. The minimum absolute atomic E-state index is 0.0588. The molecular weight excluding hydrogens is 248 g/mol. The van der Waals surface area contributed by atoms with Crippen molar-refractivity contribution < 1.29 is 24.2 Å². The first-order valence-corrected chi connectivity index (χ1v) is 5.72. The summed E-state index contributed by atoms with van der Waals surface area (Å²) in [6, 6.07) is 5.99. The molecule has 1 aliphatic carbocycles. The van der Waals surface area contributed by atoms with E-state index in [4.69, 9.17) is 0 Å². The zero-order valence-electron chi connectivity index (χ0n) is 10.3. The maximum Gasteiger partial charge on any atom is 0.337 e. The zero-order valence-corrected chi connectivity index (χ0v) is 10.3. The topological polar surface area (TPSA) is 80.7 Å². The minimum Gasteiger partial charge on any atom is -0.463 e. The number of fused-ring (bicyclic) bond motifs is 1. The second kappa shape index (κ2) is 4.44. The summed E-state index contributed by atoms with van der Waals surface area (Å²) in [6.45, 7) is 4.98. The number of hydrogen-bond donors (Lipinski definition) is 1. The van der Waals surface area contributed by atoms with Crippen LogP contribution in [0.3, 0.4) is 0 Å². The Labute approximate surface area is 109 Å². The van der Waals surface area contributed by atoms with E-state index < -0.39 is 28.7 Å². The van der Waals surface area contributed by atoms with Gasteiger partial charge in [0.2, 0.25) is 17.2 Å². The summed E-state index contributed by atoms with van der Waals surface area (Å²) in [5.41, 5.74) is -2.93. The average Bonchev–Trinajstić information content (AvgIpc) is 2.62. The second-order valence-electron chi connectivity index (χ2n) is 4.11. The van der Waals surface area contributed by atoms with E-state index in [1.54, 1.807) is 19.1 Å². The first kappa shape index (κ1) is 13.2. The van der Waals surface area contributed by atoms with Gasteiger partial charge in [-0.1, -0.05) is 30.8 Å². The fourth-order valence-corrected chi connectivity index (χ4v) is 2.01. The van der Waals surface area contributed by atoms with Crippen LogP contribution in [0.5, 0.6) is 0 Å². The Morgan fingerprint density at radius 1 is 1.26 bits per heavy atom. The number of esters is 1. The largest absolute Gasteiger partial charge is 0.463 e. The van der Waals surface area contributed by atoms with Crippen molar-refractivity contribution in [3.8, 4) is 0 Å². The van der Waals surface area contributed by atoms with E-state index in [9.17, 15) is 19.5 Å². The summed E-state index contributed by atoms with van der Waals surface area (Å²) in [5, 5.41) is 10.3. The smallest absolute Gasteiger partial charge is 0.337 e. The van der Waals surface area contributed by atoms with Crippen LogP contribution in [0.4, 0.5) is 0 Å². The molecule has 0 saturated carbocycles. The van der Waals surface area contributed by atoms with Gasteiger partial charge in [-0.25, -0.2) is 4.79 Å². The molecule has 2 rings (SSSR count). The van der Waals surface area contributed by atoms with E-state index in [2.05, 4.69) is 11.3 Å².